The molecule has 7 nitrogen and oxygen atoms in total. The van der Waals surface area contributed by atoms with Crippen LogP contribution in [-0.4, -0.2) is 42.8 Å². The number of carbonyl (C=O) groups excluding carboxylic acids is 1. The Morgan fingerprint density at radius 1 is 1.25 bits per heavy atom. The lowest BCUT2D eigenvalue weighted by Crippen LogP contribution is -2.31. The van der Waals surface area contributed by atoms with Crippen molar-refractivity contribution in [1.29, 1.82) is 0 Å². The van der Waals surface area contributed by atoms with Crippen LogP contribution in [0.3, 0.4) is 0 Å². The summed E-state index contributed by atoms with van der Waals surface area (Å²) in [5, 5.41) is 9.99. The zero-order valence-electron chi connectivity index (χ0n) is 14.2. The second kappa shape index (κ2) is 9.67. The van der Waals surface area contributed by atoms with Gasteiger partial charge >= 0.3 is 0 Å². The molecule has 2 rings (SSSR count). The number of hydrogen-bond acceptors (Lipinski definition) is 6. The number of ether oxygens (including phenoxy) is 1. The zero-order valence-corrected chi connectivity index (χ0v) is 14.2. The van der Waals surface area contributed by atoms with Crippen molar-refractivity contribution in [3.05, 3.63) is 30.2 Å². The Balaban J connectivity index is 1.74. The van der Waals surface area contributed by atoms with E-state index in [-0.39, 0.29) is 5.91 Å². The monoisotopic (exact) mass is 332 g/mol. The Kier molecular flexibility index (Phi) is 7.22. The summed E-state index contributed by atoms with van der Waals surface area (Å²) in [6.45, 7) is 4.38. The van der Waals surface area contributed by atoms with Crippen LogP contribution in [0.4, 0.5) is 0 Å². The first-order valence-electron chi connectivity index (χ1n) is 8.17. The zero-order chi connectivity index (χ0) is 17.2. The van der Waals surface area contributed by atoms with Gasteiger partial charge in [0.1, 0.15) is 5.75 Å². The minimum absolute atomic E-state index is 0.0443. The van der Waals surface area contributed by atoms with Crippen LogP contribution in [0.5, 0.6) is 5.75 Å². The quantitative estimate of drug-likeness (QED) is 0.645. The highest BCUT2D eigenvalue weighted by atomic mass is 16.5. The molecule has 0 aliphatic rings. The van der Waals surface area contributed by atoms with E-state index in [1.165, 1.54) is 0 Å². The molecule has 0 bridgehead atoms. The highest BCUT2D eigenvalue weighted by Gasteiger charge is 2.09. The maximum Gasteiger partial charge on any atom is 0.226 e. The van der Waals surface area contributed by atoms with Gasteiger partial charge in [0.05, 0.1) is 7.11 Å². The van der Waals surface area contributed by atoms with Crippen LogP contribution in [0, 0.1) is 0 Å². The molecule has 2 aromatic rings. The normalized spacial score (nSPS) is 10.6. The predicted molar refractivity (Wildman–Crippen MR) is 90.8 cm³/mol. The second-order valence-corrected chi connectivity index (χ2v) is 5.30. The van der Waals surface area contributed by atoms with Gasteiger partial charge in [-0.05, 0) is 37.2 Å². The number of methoxy groups -OCH3 is 1. The third kappa shape index (κ3) is 5.66. The molecular weight excluding hydrogens is 308 g/mol. The predicted octanol–water partition coefficient (Wildman–Crippen LogP) is 1.79. The molecule has 130 valence electrons. The summed E-state index contributed by atoms with van der Waals surface area (Å²) < 4.78 is 10.4. The number of hydrogen-bond donors (Lipinski definition) is 2. The van der Waals surface area contributed by atoms with Crippen molar-refractivity contribution in [2.45, 2.75) is 26.2 Å². The third-order valence-corrected chi connectivity index (χ3v) is 3.48. The van der Waals surface area contributed by atoms with E-state index in [9.17, 15) is 4.79 Å². The van der Waals surface area contributed by atoms with Crippen molar-refractivity contribution in [2.24, 2.45) is 0 Å². The number of aryl methyl sites for hydroxylation is 1. The van der Waals surface area contributed by atoms with E-state index >= 15 is 0 Å². The Morgan fingerprint density at radius 3 is 2.75 bits per heavy atom. The standard InChI is InChI=1S/C17H24N4O3/c1-3-18-11-12-19-15(22)5-4-6-16-20-17(21-24-16)13-7-9-14(23-2)10-8-13/h7-10,18H,3-6,11-12H2,1-2H3,(H,19,22). The topological polar surface area (TPSA) is 89.3 Å². The molecule has 1 amide bonds. The Labute approximate surface area is 141 Å². The van der Waals surface area contributed by atoms with Gasteiger partial charge in [0.2, 0.25) is 17.6 Å². The van der Waals surface area contributed by atoms with Gasteiger partial charge in [-0.25, -0.2) is 0 Å². The van der Waals surface area contributed by atoms with E-state index in [0.717, 1.165) is 24.4 Å². The number of benzene rings is 1. The Hall–Kier alpha value is -2.41. The van der Waals surface area contributed by atoms with Gasteiger partial charge < -0.3 is 19.9 Å². The Bertz CT molecular complexity index is 625. The maximum absolute atomic E-state index is 11.7. The van der Waals surface area contributed by atoms with Crippen molar-refractivity contribution >= 4 is 5.91 Å². The van der Waals surface area contributed by atoms with Crippen LogP contribution in [-0.2, 0) is 11.2 Å². The molecule has 1 aromatic carbocycles. The molecule has 0 fully saturated rings. The number of nitrogens with one attached hydrogen (secondary N) is 2. The largest absolute Gasteiger partial charge is 0.497 e. The highest BCUT2D eigenvalue weighted by molar-refractivity contribution is 5.75. The molecule has 24 heavy (non-hydrogen) atoms. The van der Waals surface area contributed by atoms with Crippen molar-refractivity contribution in [3.8, 4) is 17.1 Å². The summed E-state index contributed by atoms with van der Waals surface area (Å²) in [6.07, 6.45) is 1.72. The molecule has 0 aliphatic carbocycles. The number of amides is 1. The first kappa shape index (κ1) is 17.9. The summed E-state index contributed by atoms with van der Waals surface area (Å²) in [7, 11) is 1.62. The summed E-state index contributed by atoms with van der Waals surface area (Å²) in [5.41, 5.74) is 0.868. The molecule has 0 atom stereocenters. The lowest BCUT2D eigenvalue weighted by atomic mass is 10.2. The van der Waals surface area contributed by atoms with E-state index in [1.807, 2.05) is 31.2 Å². The summed E-state index contributed by atoms with van der Waals surface area (Å²) in [6, 6.07) is 7.46. The highest BCUT2D eigenvalue weighted by Crippen LogP contribution is 2.20. The molecule has 0 saturated heterocycles. The molecule has 2 N–H and O–H groups in total. The van der Waals surface area contributed by atoms with Gasteiger partial charge in [-0.15, -0.1) is 0 Å². The second-order valence-electron chi connectivity index (χ2n) is 5.30. The molecule has 1 heterocycles. The van der Waals surface area contributed by atoms with Crippen LogP contribution in [0.1, 0.15) is 25.7 Å². The molecule has 0 saturated carbocycles. The first-order valence-corrected chi connectivity index (χ1v) is 8.17. The molecule has 7 heteroatoms. The fourth-order valence-corrected chi connectivity index (χ4v) is 2.17. The van der Waals surface area contributed by atoms with Gasteiger partial charge in [-0.2, -0.15) is 4.98 Å². The van der Waals surface area contributed by atoms with Crippen molar-refractivity contribution in [1.82, 2.24) is 20.8 Å². The van der Waals surface area contributed by atoms with E-state index in [0.29, 0.717) is 37.5 Å². The number of likely N-dealkylation sites (N-methyl/N-ethyl adjacent to an activating group) is 1. The fourth-order valence-electron chi connectivity index (χ4n) is 2.17. The minimum atomic E-state index is 0.0443. The fraction of sp³-hybridized carbons (Fsp3) is 0.471. The van der Waals surface area contributed by atoms with E-state index in [1.54, 1.807) is 7.11 Å². The van der Waals surface area contributed by atoms with Crippen LogP contribution in [0.25, 0.3) is 11.4 Å². The van der Waals surface area contributed by atoms with Crippen molar-refractivity contribution in [3.63, 3.8) is 0 Å². The number of aromatic nitrogens is 2. The molecule has 0 aliphatic heterocycles. The van der Waals surface area contributed by atoms with Crippen LogP contribution in [0.15, 0.2) is 28.8 Å². The van der Waals surface area contributed by atoms with Crippen molar-refractivity contribution in [2.75, 3.05) is 26.7 Å². The lowest BCUT2D eigenvalue weighted by molar-refractivity contribution is -0.121. The minimum Gasteiger partial charge on any atom is -0.497 e. The molecule has 1 aromatic heterocycles. The van der Waals surface area contributed by atoms with Gasteiger partial charge in [0.25, 0.3) is 0 Å². The molecule has 0 unspecified atom stereocenters. The summed E-state index contributed by atoms with van der Waals surface area (Å²) in [5.74, 6) is 1.91. The van der Waals surface area contributed by atoms with Crippen molar-refractivity contribution < 1.29 is 14.1 Å². The van der Waals surface area contributed by atoms with Crippen LogP contribution in [0.2, 0.25) is 0 Å². The smallest absolute Gasteiger partial charge is 0.226 e. The van der Waals surface area contributed by atoms with E-state index in [2.05, 4.69) is 20.8 Å². The number of nitrogens with zero attached hydrogens (tertiary/aromatic N) is 2. The Morgan fingerprint density at radius 2 is 2.04 bits per heavy atom. The number of carbonyl (C=O) groups is 1. The summed E-state index contributed by atoms with van der Waals surface area (Å²) >= 11 is 0. The SMILES string of the molecule is CCNCCNC(=O)CCCc1nc(-c2ccc(OC)cc2)no1. The van der Waals surface area contributed by atoms with Gasteiger partial charge in [-0.3, -0.25) is 4.79 Å². The van der Waals surface area contributed by atoms with E-state index in [4.69, 9.17) is 9.26 Å². The van der Waals surface area contributed by atoms with Gasteiger partial charge in [-0.1, -0.05) is 12.1 Å². The molecule has 0 spiro atoms. The van der Waals surface area contributed by atoms with Gasteiger partial charge in [0, 0.05) is 31.5 Å². The average Bonchev–Trinajstić information content (AvgIpc) is 3.08. The third-order valence-electron chi connectivity index (χ3n) is 3.48. The number of rotatable bonds is 10. The van der Waals surface area contributed by atoms with Crippen LogP contribution < -0.4 is 15.4 Å². The first-order chi connectivity index (χ1) is 11.7. The average molecular weight is 332 g/mol. The summed E-state index contributed by atoms with van der Waals surface area (Å²) in [4.78, 5) is 16.0. The van der Waals surface area contributed by atoms with Crippen LogP contribution >= 0.6 is 0 Å². The molecular formula is C17H24N4O3. The van der Waals surface area contributed by atoms with Gasteiger partial charge in [0.15, 0.2) is 0 Å². The molecule has 0 radical (unpaired) electrons. The lowest BCUT2D eigenvalue weighted by Gasteiger charge is -2.04. The van der Waals surface area contributed by atoms with E-state index < -0.39 is 0 Å². The maximum atomic E-state index is 11.7.